The van der Waals surface area contributed by atoms with Crippen molar-refractivity contribution >= 4 is 5.69 Å². The van der Waals surface area contributed by atoms with E-state index < -0.39 is 0 Å². The van der Waals surface area contributed by atoms with Crippen molar-refractivity contribution < 1.29 is 0 Å². The van der Waals surface area contributed by atoms with Gasteiger partial charge in [-0.2, -0.15) is 5.10 Å². The Morgan fingerprint density at radius 1 is 1.73 bits per heavy atom. The van der Waals surface area contributed by atoms with Crippen LogP contribution in [0.3, 0.4) is 0 Å². The first-order valence-electron chi connectivity index (χ1n) is 3.65. The molecule has 4 nitrogen and oxygen atoms in total. The molecule has 0 aliphatic heterocycles. The first-order chi connectivity index (χ1) is 5.27. The molecule has 0 spiro atoms. The summed E-state index contributed by atoms with van der Waals surface area (Å²) in [6.45, 7) is 4.68. The standard InChI is InChI=1S/C7H11N3O/c1-3-4-10-5-7(9-11)6(2)8-10/h5H,3-4H2,1-2H3. The molecule has 1 rings (SSSR count). The molecule has 4 heteroatoms. The van der Waals surface area contributed by atoms with E-state index in [1.807, 2.05) is 0 Å². The Labute approximate surface area is 65.2 Å². The molecule has 0 N–H and O–H groups in total. The van der Waals surface area contributed by atoms with Gasteiger partial charge in [-0.3, -0.25) is 4.68 Å². The summed E-state index contributed by atoms with van der Waals surface area (Å²) in [6.07, 6.45) is 2.69. The highest BCUT2D eigenvalue weighted by atomic mass is 16.3. The molecule has 1 heterocycles. The Bertz CT molecular complexity index is 254. The first kappa shape index (κ1) is 7.91. The minimum Gasteiger partial charge on any atom is -0.270 e. The molecule has 0 saturated heterocycles. The second kappa shape index (κ2) is 3.27. The molecule has 0 radical (unpaired) electrons. The van der Waals surface area contributed by atoms with E-state index in [4.69, 9.17) is 0 Å². The van der Waals surface area contributed by atoms with Crippen LogP contribution in [0.2, 0.25) is 0 Å². The zero-order chi connectivity index (χ0) is 8.27. The van der Waals surface area contributed by atoms with Crippen molar-refractivity contribution in [1.29, 1.82) is 0 Å². The maximum absolute atomic E-state index is 10.1. The van der Waals surface area contributed by atoms with E-state index in [-0.39, 0.29) is 0 Å². The summed E-state index contributed by atoms with van der Waals surface area (Å²) in [5, 5.41) is 6.93. The quantitative estimate of drug-likeness (QED) is 0.623. The number of rotatable bonds is 3. The van der Waals surface area contributed by atoms with Gasteiger partial charge in [0.15, 0.2) is 0 Å². The van der Waals surface area contributed by atoms with Crippen LogP contribution in [0, 0.1) is 11.8 Å². The van der Waals surface area contributed by atoms with Gasteiger partial charge in [-0.1, -0.05) is 6.92 Å². The number of hydrogen-bond donors (Lipinski definition) is 0. The van der Waals surface area contributed by atoms with Gasteiger partial charge in [0.05, 0.1) is 11.9 Å². The largest absolute Gasteiger partial charge is 0.270 e. The molecule has 0 aliphatic rings. The molecule has 0 atom stereocenters. The van der Waals surface area contributed by atoms with Crippen LogP contribution in [0.25, 0.3) is 0 Å². The normalized spacial score (nSPS) is 10.0. The lowest BCUT2D eigenvalue weighted by atomic mass is 10.4. The van der Waals surface area contributed by atoms with Crippen LogP contribution >= 0.6 is 0 Å². The SMILES string of the molecule is CCCn1cc(N=O)c(C)n1. The van der Waals surface area contributed by atoms with Gasteiger partial charge >= 0.3 is 0 Å². The van der Waals surface area contributed by atoms with Crippen LogP contribution in [-0.4, -0.2) is 9.78 Å². The third kappa shape index (κ3) is 1.63. The Morgan fingerprint density at radius 2 is 2.45 bits per heavy atom. The predicted molar refractivity (Wildman–Crippen MR) is 42.7 cm³/mol. The van der Waals surface area contributed by atoms with E-state index in [1.165, 1.54) is 0 Å². The lowest BCUT2D eigenvalue weighted by Gasteiger charge is -1.93. The van der Waals surface area contributed by atoms with Gasteiger partial charge in [0, 0.05) is 6.54 Å². The molecule has 0 aliphatic carbocycles. The van der Waals surface area contributed by atoms with E-state index >= 15 is 0 Å². The molecule has 0 bridgehead atoms. The molecule has 60 valence electrons. The molecule has 1 aromatic heterocycles. The van der Waals surface area contributed by atoms with Crippen molar-refractivity contribution in [2.24, 2.45) is 5.18 Å². The Hall–Kier alpha value is -1.19. The topological polar surface area (TPSA) is 47.2 Å². The summed E-state index contributed by atoms with van der Waals surface area (Å²) >= 11 is 0. The molecular weight excluding hydrogens is 142 g/mol. The minimum absolute atomic E-state index is 0.443. The molecule has 0 saturated carbocycles. The van der Waals surface area contributed by atoms with Crippen LogP contribution in [0.15, 0.2) is 11.4 Å². The number of hydrogen-bond acceptors (Lipinski definition) is 3. The van der Waals surface area contributed by atoms with Crippen LogP contribution < -0.4 is 0 Å². The number of nitrogens with zero attached hydrogens (tertiary/aromatic N) is 3. The smallest absolute Gasteiger partial charge is 0.148 e. The molecule has 0 amide bonds. The third-order valence-electron chi connectivity index (χ3n) is 1.47. The fourth-order valence-electron chi connectivity index (χ4n) is 0.941. The molecular formula is C7H11N3O. The first-order valence-corrected chi connectivity index (χ1v) is 3.65. The van der Waals surface area contributed by atoms with Gasteiger partial charge in [-0.25, -0.2) is 0 Å². The van der Waals surface area contributed by atoms with Crippen molar-refractivity contribution in [2.75, 3.05) is 0 Å². The fourth-order valence-corrected chi connectivity index (χ4v) is 0.941. The fraction of sp³-hybridized carbons (Fsp3) is 0.571. The van der Waals surface area contributed by atoms with E-state index in [0.29, 0.717) is 11.4 Å². The summed E-state index contributed by atoms with van der Waals surface area (Å²) in [6, 6.07) is 0. The van der Waals surface area contributed by atoms with Gasteiger partial charge in [0.1, 0.15) is 5.69 Å². The summed E-state index contributed by atoms with van der Waals surface area (Å²) in [4.78, 5) is 10.1. The summed E-state index contributed by atoms with van der Waals surface area (Å²) in [5.74, 6) is 0. The van der Waals surface area contributed by atoms with Gasteiger partial charge < -0.3 is 0 Å². The average Bonchev–Trinajstić information content (AvgIpc) is 2.32. The van der Waals surface area contributed by atoms with Crippen LogP contribution in [0.1, 0.15) is 19.0 Å². The minimum atomic E-state index is 0.443. The van der Waals surface area contributed by atoms with Crippen molar-refractivity contribution in [3.8, 4) is 0 Å². The van der Waals surface area contributed by atoms with Crippen LogP contribution in [-0.2, 0) is 6.54 Å². The van der Waals surface area contributed by atoms with Crippen molar-refractivity contribution in [2.45, 2.75) is 26.8 Å². The third-order valence-corrected chi connectivity index (χ3v) is 1.47. The number of aromatic nitrogens is 2. The van der Waals surface area contributed by atoms with E-state index in [1.54, 1.807) is 17.8 Å². The van der Waals surface area contributed by atoms with Crippen molar-refractivity contribution in [3.05, 3.63) is 16.8 Å². The summed E-state index contributed by atoms with van der Waals surface area (Å²) in [7, 11) is 0. The molecule has 0 fully saturated rings. The second-order valence-electron chi connectivity index (χ2n) is 2.45. The molecule has 11 heavy (non-hydrogen) atoms. The Kier molecular flexibility index (Phi) is 2.36. The average molecular weight is 153 g/mol. The summed E-state index contributed by atoms with van der Waals surface area (Å²) < 4.78 is 1.74. The van der Waals surface area contributed by atoms with Crippen molar-refractivity contribution in [1.82, 2.24) is 9.78 Å². The maximum Gasteiger partial charge on any atom is 0.148 e. The van der Waals surface area contributed by atoms with Gasteiger partial charge in [0.2, 0.25) is 0 Å². The molecule has 0 unspecified atom stereocenters. The van der Waals surface area contributed by atoms with Crippen LogP contribution in [0.5, 0.6) is 0 Å². The van der Waals surface area contributed by atoms with E-state index in [9.17, 15) is 4.91 Å². The van der Waals surface area contributed by atoms with Gasteiger partial charge in [0.25, 0.3) is 0 Å². The van der Waals surface area contributed by atoms with E-state index in [2.05, 4.69) is 17.2 Å². The van der Waals surface area contributed by atoms with Gasteiger partial charge in [-0.15, -0.1) is 4.91 Å². The highest BCUT2D eigenvalue weighted by Gasteiger charge is 2.02. The van der Waals surface area contributed by atoms with Crippen molar-refractivity contribution in [3.63, 3.8) is 0 Å². The lowest BCUT2D eigenvalue weighted by molar-refractivity contribution is 0.598. The molecule has 0 aromatic carbocycles. The maximum atomic E-state index is 10.1. The number of nitroso groups, excluding NO2 is 1. The van der Waals surface area contributed by atoms with Crippen LogP contribution in [0.4, 0.5) is 5.69 Å². The molecule has 1 aromatic rings. The highest BCUT2D eigenvalue weighted by Crippen LogP contribution is 2.15. The number of aryl methyl sites for hydroxylation is 2. The zero-order valence-corrected chi connectivity index (χ0v) is 6.74. The lowest BCUT2D eigenvalue weighted by Crippen LogP contribution is -1.96. The predicted octanol–water partition coefficient (Wildman–Crippen LogP) is 2.00. The Balaban J connectivity index is 2.86. The monoisotopic (exact) mass is 153 g/mol. The highest BCUT2D eigenvalue weighted by molar-refractivity contribution is 5.38. The summed E-state index contributed by atoms with van der Waals surface area (Å²) in [5.41, 5.74) is 1.15. The zero-order valence-electron chi connectivity index (χ0n) is 6.74. The van der Waals surface area contributed by atoms with E-state index in [0.717, 1.165) is 13.0 Å². The second-order valence-corrected chi connectivity index (χ2v) is 2.45. The van der Waals surface area contributed by atoms with Gasteiger partial charge in [-0.05, 0) is 18.5 Å². The Morgan fingerprint density at radius 3 is 2.91 bits per heavy atom.